The van der Waals surface area contributed by atoms with E-state index in [4.69, 9.17) is 0 Å². The minimum atomic E-state index is -0.106. The van der Waals surface area contributed by atoms with Gasteiger partial charge in [0.15, 0.2) is 0 Å². The third-order valence-corrected chi connectivity index (χ3v) is 5.21. The minimum absolute atomic E-state index is 0.0295. The van der Waals surface area contributed by atoms with E-state index in [-0.39, 0.29) is 11.8 Å². The lowest BCUT2D eigenvalue weighted by Crippen LogP contribution is -2.30. The molecule has 1 aromatic carbocycles. The van der Waals surface area contributed by atoms with Gasteiger partial charge in [0.05, 0.1) is 0 Å². The van der Waals surface area contributed by atoms with Crippen LogP contribution in [-0.2, 0) is 17.8 Å². The molecule has 2 N–H and O–H groups in total. The number of carbonyl (C=O) groups is 2. The zero-order valence-electron chi connectivity index (χ0n) is 15.3. The highest BCUT2D eigenvalue weighted by Crippen LogP contribution is 2.23. The second-order valence-electron chi connectivity index (χ2n) is 7.17. The third kappa shape index (κ3) is 4.10. The molecule has 0 radical (unpaired) electrons. The first-order valence-electron chi connectivity index (χ1n) is 9.60. The van der Waals surface area contributed by atoms with Gasteiger partial charge in [0.1, 0.15) is 5.82 Å². The lowest BCUT2D eigenvalue weighted by molar-refractivity contribution is -0.116. The van der Waals surface area contributed by atoms with Gasteiger partial charge in [0.25, 0.3) is 5.91 Å². The topological polar surface area (TPSA) is 74.3 Å². The Bertz CT molecular complexity index is 859. The number of benzene rings is 1. The number of carbonyl (C=O) groups excluding carboxylic acids is 2. The molecular weight excluding hydrogens is 340 g/mol. The smallest absolute Gasteiger partial charge is 0.251 e. The molecule has 6 nitrogen and oxygen atoms in total. The molecule has 0 saturated carbocycles. The molecule has 2 amide bonds. The standard InChI is InChI=1S/C21H24N4O2/c26-20-7-5-16-13-17(4-6-18(16)24-20)21(27)23-14-15-8-9-22-19(12-15)25-10-2-1-3-11-25/h4,6,8-9,12-13H,1-3,5,7,10-11,14H2,(H,23,27)(H,24,26). The van der Waals surface area contributed by atoms with E-state index in [2.05, 4.69) is 26.6 Å². The minimum Gasteiger partial charge on any atom is -0.357 e. The van der Waals surface area contributed by atoms with E-state index in [1.165, 1.54) is 19.3 Å². The summed E-state index contributed by atoms with van der Waals surface area (Å²) in [6.45, 7) is 2.57. The summed E-state index contributed by atoms with van der Waals surface area (Å²) in [5.41, 5.74) is 3.49. The van der Waals surface area contributed by atoms with Crippen molar-refractivity contribution in [3.05, 3.63) is 53.2 Å². The van der Waals surface area contributed by atoms with Crippen molar-refractivity contribution >= 4 is 23.3 Å². The fourth-order valence-corrected chi connectivity index (χ4v) is 3.68. The average molecular weight is 364 g/mol. The predicted molar refractivity (Wildman–Crippen MR) is 105 cm³/mol. The Morgan fingerprint density at radius 3 is 2.81 bits per heavy atom. The van der Waals surface area contributed by atoms with Crippen LogP contribution in [0.3, 0.4) is 0 Å². The van der Waals surface area contributed by atoms with Crippen LogP contribution < -0.4 is 15.5 Å². The van der Waals surface area contributed by atoms with Crippen LogP contribution in [0.2, 0.25) is 0 Å². The number of piperidine rings is 1. The Hall–Kier alpha value is -2.89. The quantitative estimate of drug-likeness (QED) is 0.875. The van der Waals surface area contributed by atoms with Crippen molar-refractivity contribution in [3.63, 3.8) is 0 Å². The van der Waals surface area contributed by atoms with Crippen LogP contribution >= 0.6 is 0 Å². The van der Waals surface area contributed by atoms with Crippen molar-refractivity contribution in [1.29, 1.82) is 0 Å². The summed E-state index contributed by atoms with van der Waals surface area (Å²) in [4.78, 5) is 30.8. The molecule has 0 atom stereocenters. The van der Waals surface area contributed by atoms with Gasteiger partial charge in [-0.05, 0) is 67.1 Å². The number of aryl methyl sites for hydroxylation is 1. The van der Waals surface area contributed by atoms with Gasteiger partial charge in [-0.15, -0.1) is 0 Å². The van der Waals surface area contributed by atoms with E-state index in [1.54, 1.807) is 6.07 Å². The molecular formula is C21H24N4O2. The molecule has 3 heterocycles. The normalized spacial score (nSPS) is 16.4. The SMILES string of the molecule is O=C1CCc2cc(C(=O)NCc3ccnc(N4CCCCC4)c3)ccc2N1. The number of hydrogen-bond acceptors (Lipinski definition) is 4. The molecule has 140 valence electrons. The van der Waals surface area contributed by atoms with Crippen LogP contribution in [0, 0.1) is 0 Å². The summed E-state index contributed by atoms with van der Waals surface area (Å²) in [5.74, 6) is 0.916. The highest BCUT2D eigenvalue weighted by atomic mass is 16.2. The van der Waals surface area contributed by atoms with Gasteiger partial charge in [-0.3, -0.25) is 9.59 Å². The summed E-state index contributed by atoms with van der Waals surface area (Å²) < 4.78 is 0. The molecule has 0 unspecified atom stereocenters. The highest BCUT2D eigenvalue weighted by Gasteiger charge is 2.17. The van der Waals surface area contributed by atoms with Gasteiger partial charge in [-0.25, -0.2) is 4.98 Å². The van der Waals surface area contributed by atoms with Crippen molar-refractivity contribution in [2.24, 2.45) is 0 Å². The van der Waals surface area contributed by atoms with Crippen molar-refractivity contribution in [1.82, 2.24) is 10.3 Å². The van der Waals surface area contributed by atoms with Crippen molar-refractivity contribution in [2.45, 2.75) is 38.6 Å². The molecule has 2 aromatic rings. The number of nitrogens with zero attached hydrogens (tertiary/aromatic N) is 2. The molecule has 27 heavy (non-hydrogen) atoms. The molecule has 1 aromatic heterocycles. The fourth-order valence-electron chi connectivity index (χ4n) is 3.68. The zero-order chi connectivity index (χ0) is 18.6. The maximum absolute atomic E-state index is 12.5. The maximum atomic E-state index is 12.5. The van der Waals surface area contributed by atoms with E-state index in [0.29, 0.717) is 24.9 Å². The number of pyridine rings is 1. The van der Waals surface area contributed by atoms with E-state index < -0.39 is 0 Å². The second kappa shape index (κ2) is 7.78. The molecule has 0 bridgehead atoms. The largest absolute Gasteiger partial charge is 0.357 e. The average Bonchev–Trinajstić information content (AvgIpc) is 2.72. The summed E-state index contributed by atoms with van der Waals surface area (Å²) in [5, 5.41) is 5.83. The predicted octanol–water partition coefficient (Wildman–Crippen LogP) is 2.89. The van der Waals surface area contributed by atoms with E-state index >= 15 is 0 Å². The number of anilines is 2. The Morgan fingerprint density at radius 1 is 1.11 bits per heavy atom. The van der Waals surface area contributed by atoms with Crippen molar-refractivity contribution in [3.8, 4) is 0 Å². The van der Waals surface area contributed by atoms with Crippen molar-refractivity contribution in [2.75, 3.05) is 23.3 Å². The van der Waals surface area contributed by atoms with Gasteiger partial charge < -0.3 is 15.5 Å². The molecule has 2 aliphatic heterocycles. The van der Waals surface area contributed by atoms with Crippen LogP contribution in [0.1, 0.15) is 47.2 Å². The number of aromatic nitrogens is 1. The first-order valence-corrected chi connectivity index (χ1v) is 9.60. The van der Waals surface area contributed by atoms with Gasteiger partial charge in [0, 0.05) is 43.5 Å². The van der Waals surface area contributed by atoms with Crippen LogP contribution in [0.15, 0.2) is 36.5 Å². The molecule has 0 aliphatic carbocycles. The summed E-state index contributed by atoms with van der Waals surface area (Å²) >= 11 is 0. The molecule has 4 rings (SSSR count). The van der Waals surface area contributed by atoms with Gasteiger partial charge >= 0.3 is 0 Å². The molecule has 1 saturated heterocycles. The highest BCUT2D eigenvalue weighted by molar-refractivity contribution is 5.97. The molecule has 1 fully saturated rings. The Morgan fingerprint density at radius 2 is 1.96 bits per heavy atom. The number of hydrogen-bond donors (Lipinski definition) is 2. The van der Waals surface area contributed by atoms with E-state index in [0.717, 1.165) is 35.7 Å². The Labute approximate surface area is 159 Å². The van der Waals surface area contributed by atoms with Crippen molar-refractivity contribution < 1.29 is 9.59 Å². The number of nitrogens with one attached hydrogen (secondary N) is 2. The monoisotopic (exact) mass is 364 g/mol. The van der Waals surface area contributed by atoms with E-state index in [9.17, 15) is 9.59 Å². The first kappa shape index (κ1) is 17.5. The second-order valence-corrected chi connectivity index (χ2v) is 7.17. The van der Waals surface area contributed by atoms with Gasteiger partial charge in [0.2, 0.25) is 5.91 Å². The Balaban J connectivity index is 1.40. The number of fused-ring (bicyclic) bond motifs is 1. The molecule has 0 spiro atoms. The van der Waals surface area contributed by atoms with Crippen LogP contribution in [0.5, 0.6) is 0 Å². The van der Waals surface area contributed by atoms with Crippen LogP contribution in [0.4, 0.5) is 11.5 Å². The lowest BCUT2D eigenvalue weighted by Gasteiger charge is -2.27. The van der Waals surface area contributed by atoms with Crippen LogP contribution in [0.25, 0.3) is 0 Å². The summed E-state index contributed by atoms with van der Waals surface area (Å²) in [7, 11) is 0. The third-order valence-electron chi connectivity index (χ3n) is 5.21. The number of rotatable bonds is 4. The summed E-state index contributed by atoms with van der Waals surface area (Å²) in [6, 6.07) is 9.44. The Kier molecular flexibility index (Phi) is 5.05. The number of amides is 2. The van der Waals surface area contributed by atoms with Gasteiger partial charge in [-0.2, -0.15) is 0 Å². The fraction of sp³-hybridized carbons (Fsp3) is 0.381. The maximum Gasteiger partial charge on any atom is 0.251 e. The lowest BCUT2D eigenvalue weighted by atomic mass is 10.00. The van der Waals surface area contributed by atoms with Gasteiger partial charge in [-0.1, -0.05) is 0 Å². The van der Waals surface area contributed by atoms with Crippen LogP contribution in [-0.4, -0.2) is 29.9 Å². The molecule has 2 aliphatic rings. The zero-order valence-corrected chi connectivity index (χ0v) is 15.3. The molecule has 6 heteroatoms. The van der Waals surface area contributed by atoms with E-state index in [1.807, 2.05) is 24.4 Å². The summed E-state index contributed by atoms with van der Waals surface area (Å²) in [6.07, 6.45) is 6.66. The first-order chi connectivity index (χ1) is 13.2.